The highest BCUT2D eigenvalue weighted by molar-refractivity contribution is 7.91. The summed E-state index contributed by atoms with van der Waals surface area (Å²) in [6.07, 6.45) is 1.59. The number of rotatable bonds is 5. The second-order valence-electron chi connectivity index (χ2n) is 3.35. The lowest BCUT2D eigenvalue weighted by atomic mass is 10.3. The first kappa shape index (κ1) is 12.0. The zero-order valence-corrected chi connectivity index (χ0v) is 9.88. The van der Waals surface area contributed by atoms with Gasteiger partial charge in [-0.25, -0.2) is 8.42 Å². The summed E-state index contributed by atoms with van der Waals surface area (Å²) >= 11 is 0. The molecule has 0 N–H and O–H groups in total. The Kier molecular flexibility index (Phi) is 4.15. The van der Waals surface area contributed by atoms with Gasteiger partial charge < -0.3 is 4.74 Å². The number of methoxy groups -OCH3 is 1. The predicted molar refractivity (Wildman–Crippen MR) is 60.0 cm³/mol. The number of ether oxygens (including phenoxy) is 1. The highest BCUT2D eigenvalue weighted by atomic mass is 32.2. The van der Waals surface area contributed by atoms with E-state index in [1.165, 1.54) is 0 Å². The van der Waals surface area contributed by atoms with Gasteiger partial charge in [0.2, 0.25) is 0 Å². The molecule has 0 aliphatic rings. The van der Waals surface area contributed by atoms with Gasteiger partial charge in [0.05, 0.1) is 17.8 Å². The van der Waals surface area contributed by atoms with E-state index in [2.05, 4.69) is 0 Å². The maximum Gasteiger partial charge on any atom is 0.178 e. The van der Waals surface area contributed by atoms with Gasteiger partial charge >= 0.3 is 0 Å². The largest absolute Gasteiger partial charge is 0.497 e. The highest BCUT2D eigenvalue weighted by Gasteiger charge is 2.12. The third-order valence-corrected chi connectivity index (χ3v) is 4.00. The van der Waals surface area contributed by atoms with Gasteiger partial charge in [0.1, 0.15) is 5.75 Å². The molecule has 84 valence electrons. The summed E-state index contributed by atoms with van der Waals surface area (Å²) in [5, 5.41) is 0. The van der Waals surface area contributed by atoms with E-state index >= 15 is 0 Å². The van der Waals surface area contributed by atoms with Crippen molar-refractivity contribution >= 4 is 9.84 Å². The number of sulfone groups is 1. The van der Waals surface area contributed by atoms with Gasteiger partial charge in [-0.1, -0.05) is 13.3 Å². The normalized spacial score (nSPS) is 11.3. The molecule has 15 heavy (non-hydrogen) atoms. The molecule has 0 bridgehead atoms. The molecule has 3 nitrogen and oxygen atoms in total. The fourth-order valence-electron chi connectivity index (χ4n) is 1.24. The Balaban J connectivity index is 2.86. The zero-order valence-electron chi connectivity index (χ0n) is 9.06. The molecule has 0 aliphatic heterocycles. The van der Waals surface area contributed by atoms with Crippen molar-refractivity contribution in [2.75, 3.05) is 12.9 Å². The number of benzene rings is 1. The molecule has 0 amide bonds. The van der Waals surface area contributed by atoms with Crippen LogP contribution in [0.4, 0.5) is 0 Å². The molecule has 0 unspecified atom stereocenters. The summed E-state index contributed by atoms with van der Waals surface area (Å²) in [6, 6.07) is 6.51. The average molecular weight is 228 g/mol. The van der Waals surface area contributed by atoms with Gasteiger partial charge in [0.25, 0.3) is 0 Å². The van der Waals surface area contributed by atoms with E-state index in [1.54, 1.807) is 31.4 Å². The molecule has 0 atom stereocenters. The van der Waals surface area contributed by atoms with Crippen LogP contribution in [0, 0.1) is 0 Å². The molecule has 0 fully saturated rings. The van der Waals surface area contributed by atoms with Gasteiger partial charge in [0, 0.05) is 0 Å². The van der Waals surface area contributed by atoms with Crippen molar-refractivity contribution in [1.82, 2.24) is 0 Å². The molecule has 4 heteroatoms. The molecule has 1 aromatic rings. The minimum absolute atomic E-state index is 0.218. The molecule has 0 saturated carbocycles. The molecule has 0 heterocycles. The Hall–Kier alpha value is -1.03. The molecule has 0 aliphatic carbocycles. The molecule has 0 radical (unpaired) electrons. The maximum atomic E-state index is 11.7. The first-order valence-electron chi connectivity index (χ1n) is 4.97. The van der Waals surface area contributed by atoms with Crippen LogP contribution in [0.5, 0.6) is 5.75 Å². The third kappa shape index (κ3) is 3.23. The van der Waals surface area contributed by atoms with Gasteiger partial charge in [-0.05, 0) is 30.7 Å². The first-order chi connectivity index (χ1) is 7.10. The summed E-state index contributed by atoms with van der Waals surface area (Å²) in [5.41, 5.74) is 0. The second kappa shape index (κ2) is 5.16. The molecular weight excluding hydrogens is 212 g/mol. The van der Waals surface area contributed by atoms with E-state index in [-0.39, 0.29) is 5.75 Å². The van der Waals surface area contributed by atoms with E-state index in [0.717, 1.165) is 6.42 Å². The Morgan fingerprint density at radius 1 is 1.20 bits per heavy atom. The molecule has 0 aromatic heterocycles. The highest BCUT2D eigenvalue weighted by Crippen LogP contribution is 2.17. The summed E-state index contributed by atoms with van der Waals surface area (Å²) in [5.74, 6) is 0.889. The topological polar surface area (TPSA) is 43.4 Å². The van der Waals surface area contributed by atoms with Gasteiger partial charge in [-0.2, -0.15) is 0 Å². The van der Waals surface area contributed by atoms with Crippen molar-refractivity contribution in [2.24, 2.45) is 0 Å². The van der Waals surface area contributed by atoms with Crippen LogP contribution in [0.1, 0.15) is 19.8 Å². The number of unbranched alkanes of at least 4 members (excludes halogenated alkanes) is 1. The van der Waals surface area contributed by atoms with Crippen molar-refractivity contribution < 1.29 is 13.2 Å². The zero-order chi connectivity index (χ0) is 11.3. The molecular formula is C11H16O3S. The Morgan fingerprint density at radius 2 is 1.80 bits per heavy atom. The van der Waals surface area contributed by atoms with E-state index in [1.807, 2.05) is 6.92 Å². The van der Waals surface area contributed by atoms with Gasteiger partial charge in [-0.3, -0.25) is 0 Å². The Bertz CT molecular complexity index is 392. The summed E-state index contributed by atoms with van der Waals surface area (Å²) in [4.78, 5) is 0.372. The maximum absolute atomic E-state index is 11.7. The lowest BCUT2D eigenvalue weighted by Crippen LogP contribution is -2.06. The van der Waals surface area contributed by atoms with Crippen molar-refractivity contribution in [3.63, 3.8) is 0 Å². The third-order valence-electron chi connectivity index (χ3n) is 2.19. The monoisotopic (exact) mass is 228 g/mol. The number of hydrogen-bond donors (Lipinski definition) is 0. The van der Waals surface area contributed by atoms with Crippen LogP contribution in [-0.4, -0.2) is 21.3 Å². The smallest absolute Gasteiger partial charge is 0.178 e. The van der Waals surface area contributed by atoms with Crippen molar-refractivity contribution in [2.45, 2.75) is 24.7 Å². The molecule has 0 spiro atoms. The van der Waals surface area contributed by atoms with Gasteiger partial charge in [0.15, 0.2) is 9.84 Å². The van der Waals surface area contributed by atoms with E-state index in [0.29, 0.717) is 17.1 Å². The van der Waals surface area contributed by atoms with Crippen LogP contribution in [-0.2, 0) is 9.84 Å². The van der Waals surface area contributed by atoms with E-state index in [4.69, 9.17) is 4.74 Å². The van der Waals surface area contributed by atoms with Gasteiger partial charge in [-0.15, -0.1) is 0 Å². The first-order valence-corrected chi connectivity index (χ1v) is 6.62. The summed E-state index contributed by atoms with van der Waals surface area (Å²) < 4.78 is 28.5. The van der Waals surface area contributed by atoms with Crippen molar-refractivity contribution in [3.05, 3.63) is 24.3 Å². The van der Waals surface area contributed by atoms with E-state index in [9.17, 15) is 8.42 Å². The van der Waals surface area contributed by atoms with Crippen LogP contribution >= 0.6 is 0 Å². The lowest BCUT2D eigenvalue weighted by molar-refractivity contribution is 0.414. The van der Waals surface area contributed by atoms with Crippen LogP contribution < -0.4 is 4.74 Å². The Labute approximate surface area is 91.0 Å². The SMILES string of the molecule is CCCCS(=O)(=O)c1ccc(OC)cc1. The summed E-state index contributed by atoms with van der Waals surface area (Å²) in [6.45, 7) is 1.98. The summed E-state index contributed by atoms with van der Waals surface area (Å²) in [7, 11) is -1.55. The predicted octanol–water partition coefficient (Wildman–Crippen LogP) is 2.27. The lowest BCUT2D eigenvalue weighted by Gasteiger charge is -2.04. The van der Waals surface area contributed by atoms with E-state index < -0.39 is 9.84 Å². The quantitative estimate of drug-likeness (QED) is 0.776. The fraction of sp³-hybridized carbons (Fsp3) is 0.455. The number of hydrogen-bond acceptors (Lipinski definition) is 3. The Morgan fingerprint density at radius 3 is 2.27 bits per heavy atom. The minimum Gasteiger partial charge on any atom is -0.497 e. The molecule has 1 aromatic carbocycles. The molecule has 0 saturated heterocycles. The van der Waals surface area contributed by atoms with Crippen LogP contribution in [0.3, 0.4) is 0 Å². The average Bonchev–Trinajstić information content (AvgIpc) is 2.26. The van der Waals surface area contributed by atoms with Crippen LogP contribution in [0.25, 0.3) is 0 Å². The fourth-order valence-corrected chi connectivity index (χ4v) is 2.69. The molecule has 1 rings (SSSR count). The van der Waals surface area contributed by atoms with Crippen molar-refractivity contribution in [3.8, 4) is 5.75 Å². The second-order valence-corrected chi connectivity index (χ2v) is 5.46. The minimum atomic E-state index is -3.10. The standard InChI is InChI=1S/C11H16O3S/c1-3-4-9-15(12,13)11-7-5-10(14-2)6-8-11/h5-8H,3-4,9H2,1-2H3. The van der Waals surface area contributed by atoms with Crippen molar-refractivity contribution in [1.29, 1.82) is 0 Å². The van der Waals surface area contributed by atoms with Crippen LogP contribution in [0.15, 0.2) is 29.2 Å². The van der Waals surface area contributed by atoms with Crippen LogP contribution in [0.2, 0.25) is 0 Å².